The molecule has 1 saturated heterocycles. The van der Waals surface area contributed by atoms with Crippen molar-refractivity contribution in [3.05, 3.63) is 0 Å². The van der Waals surface area contributed by atoms with E-state index in [1.165, 1.54) is 25.9 Å². The molecule has 0 aromatic rings. The molecule has 0 amide bonds. The minimum Gasteiger partial charge on any atom is -0.363 e. The molecule has 1 rings (SSSR count). The Morgan fingerprint density at radius 1 is 1.40 bits per heavy atom. The van der Waals surface area contributed by atoms with Gasteiger partial charge in [0.2, 0.25) is 0 Å². The average Bonchev–Trinajstić information content (AvgIpc) is 2.20. The van der Waals surface area contributed by atoms with Gasteiger partial charge in [-0.25, -0.2) is 0 Å². The molecular weight excluding hydrogens is 186 g/mol. The molecule has 0 radical (unpaired) electrons. The molecule has 0 atom stereocenters. The predicted octanol–water partition coefficient (Wildman–Crippen LogP) is 1.89. The number of rotatable bonds is 3. The van der Waals surface area contributed by atoms with E-state index in [1.807, 2.05) is 0 Å². The molecular formula is C12H25N3. The third-order valence-electron chi connectivity index (χ3n) is 3.33. The summed E-state index contributed by atoms with van der Waals surface area (Å²) in [4.78, 5) is 4.52. The van der Waals surface area contributed by atoms with Crippen molar-refractivity contribution in [3.63, 3.8) is 0 Å². The number of nitrogens with one attached hydrogen (secondary N) is 1. The van der Waals surface area contributed by atoms with E-state index in [1.54, 1.807) is 0 Å². The van der Waals surface area contributed by atoms with Crippen molar-refractivity contribution in [2.75, 3.05) is 33.7 Å². The molecule has 0 spiro atoms. The second-order valence-electron chi connectivity index (χ2n) is 5.17. The summed E-state index contributed by atoms with van der Waals surface area (Å²) in [6.45, 7) is 7.67. The third-order valence-corrected chi connectivity index (χ3v) is 3.33. The Balaban J connectivity index is 2.32. The third kappa shape index (κ3) is 3.82. The zero-order valence-electron chi connectivity index (χ0n) is 10.6. The van der Waals surface area contributed by atoms with Gasteiger partial charge < -0.3 is 9.80 Å². The van der Waals surface area contributed by atoms with Gasteiger partial charge in [0, 0.05) is 19.5 Å². The number of piperidine rings is 1. The molecule has 1 aliphatic heterocycles. The van der Waals surface area contributed by atoms with E-state index in [-0.39, 0.29) is 0 Å². The van der Waals surface area contributed by atoms with Crippen molar-refractivity contribution < 1.29 is 0 Å². The summed E-state index contributed by atoms with van der Waals surface area (Å²) in [5.74, 6) is 1.90. The molecule has 1 heterocycles. The molecule has 0 aliphatic carbocycles. The molecule has 0 aromatic heterocycles. The van der Waals surface area contributed by atoms with Gasteiger partial charge in [-0.2, -0.15) is 0 Å². The highest BCUT2D eigenvalue weighted by atomic mass is 15.2. The Kier molecular flexibility index (Phi) is 4.58. The number of likely N-dealkylation sites (tertiary alicyclic amines) is 1. The van der Waals surface area contributed by atoms with Gasteiger partial charge in [0.15, 0.2) is 0 Å². The Morgan fingerprint density at radius 3 is 2.40 bits per heavy atom. The Hall–Kier alpha value is -0.570. The van der Waals surface area contributed by atoms with E-state index in [9.17, 15) is 0 Å². The van der Waals surface area contributed by atoms with Crippen LogP contribution in [0.1, 0.15) is 26.7 Å². The normalized spacial score (nSPS) is 19.5. The predicted molar refractivity (Wildman–Crippen MR) is 65.4 cm³/mol. The van der Waals surface area contributed by atoms with Crippen LogP contribution in [0.3, 0.4) is 0 Å². The van der Waals surface area contributed by atoms with Crippen LogP contribution in [-0.2, 0) is 0 Å². The maximum Gasteiger partial charge on any atom is 0.0981 e. The Labute approximate surface area is 94.0 Å². The van der Waals surface area contributed by atoms with Crippen LogP contribution in [0.15, 0.2) is 0 Å². The monoisotopic (exact) mass is 211 g/mol. The van der Waals surface area contributed by atoms with Gasteiger partial charge in [0.1, 0.15) is 0 Å². The van der Waals surface area contributed by atoms with Gasteiger partial charge in [0.05, 0.1) is 5.84 Å². The second-order valence-corrected chi connectivity index (χ2v) is 5.17. The SMILES string of the molecule is CC(C)C(=N)N(C)CC1CCN(C)CC1. The van der Waals surface area contributed by atoms with Crippen LogP contribution in [0.2, 0.25) is 0 Å². The quantitative estimate of drug-likeness (QED) is 0.571. The van der Waals surface area contributed by atoms with E-state index in [0.717, 1.165) is 18.3 Å². The number of hydrogen-bond acceptors (Lipinski definition) is 2. The van der Waals surface area contributed by atoms with Gasteiger partial charge in [-0.3, -0.25) is 5.41 Å². The molecule has 15 heavy (non-hydrogen) atoms. The van der Waals surface area contributed by atoms with Gasteiger partial charge in [-0.15, -0.1) is 0 Å². The molecule has 1 aliphatic rings. The smallest absolute Gasteiger partial charge is 0.0981 e. The van der Waals surface area contributed by atoms with Crippen LogP contribution in [-0.4, -0.2) is 49.4 Å². The number of nitrogens with zero attached hydrogens (tertiary/aromatic N) is 2. The average molecular weight is 211 g/mol. The first-order chi connectivity index (χ1) is 7.00. The molecule has 0 unspecified atom stereocenters. The number of amidine groups is 1. The minimum absolute atomic E-state index is 0.348. The van der Waals surface area contributed by atoms with Gasteiger partial charge in [-0.05, 0) is 38.9 Å². The molecule has 88 valence electrons. The van der Waals surface area contributed by atoms with Crippen molar-refractivity contribution in [3.8, 4) is 0 Å². The van der Waals surface area contributed by atoms with Crippen LogP contribution in [0, 0.1) is 17.2 Å². The first-order valence-electron chi connectivity index (χ1n) is 5.98. The van der Waals surface area contributed by atoms with Gasteiger partial charge in [0.25, 0.3) is 0 Å². The van der Waals surface area contributed by atoms with Crippen LogP contribution in [0.5, 0.6) is 0 Å². The van der Waals surface area contributed by atoms with Crippen molar-refractivity contribution in [2.45, 2.75) is 26.7 Å². The maximum absolute atomic E-state index is 7.92. The van der Waals surface area contributed by atoms with Crippen molar-refractivity contribution >= 4 is 5.84 Å². The molecule has 1 fully saturated rings. The van der Waals surface area contributed by atoms with Crippen LogP contribution >= 0.6 is 0 Å². The highest BCUT2D eigenvalue weighted by Gasteiger charge is 2.19. The van der Waals surface area contributed by atoms with Crippen LogP contribution in [0.4, 0.5) is 0 Å². The van der Waals surface area contributed by atoms with E-state index in [4.69, 9.17) is 5.41 Å². The lowest BCUT2D eigenvalue weighted by Gasteiger charge is -2.33. The molecule has 3 nitrogen and oxygen atoms in total. The van der Waals surface area contributed by atoms with Crippen molar-refractivity contribution in [2.24, 2.45) is 11.8 Å². The summed E-state index contributed by atoms with van der Waals surface area (Å²) >= 11 is 0. The fourth-order valence-electron chi connectivity index (χ4n) is 2.17. The summed E-state index contributed by atoms with van der Waals surface area (Å²) in [6.07, 6.45) is 2.57. The fourth-order valence-corrected chi connectivity index (χ4v) is 2.17. The van der Waals surface area contributed by atoms with E-state index in [2.05, 4.69) is 37.7 Å². The molecule has 0 aromatic carbocycles. The zero-order chi connectivity index (χ0) is 11.4. The summed E-state index contributed by atoms with van der Waals surface area (Å²) < 4.78 is 0. The molecule has 0 bridgehead atoms. The maximum atomic E-state index is 7.92. The second kappa shape index (κ2) is 5.50. The summed E-state index contributed by atoms with van der Waals surface area (Å²) in [6, 6.07) is 0. The van der Waals surface area contributed by atoms with Crippen molar-refractivity contribution in [1.29, 1.82) is 5.41 Å². The van der Waals surface area contributed by atoms with E-state index >= 15 is 0 Å². The van der Waals surface area contributed by atoms with Crippen molar-refractivity contribution in [1.82, 2.24) is 9.80 Å². The van der Waals surface area contributed by atoms with Crippen LogP contribution < -0.4 is 0 Å². The zero-order valence-corrected chi connectivity index (χ0v) is 10.6. The highest BCUT2D eigenvalue weighted by Crippen LogP contribution is 2.17. The topological polar surface area (TPSA) is 30.3 Å². The van der Waals surface area contributed by atoms with E-state index < -0.39 is 0 Å². The van der Waals surface area contributed by atoms with Gasteiger partial charge >= 0.3 is 0 Å². The first-order valence-corrected chi connectivity index (χ1v) is 5.98. The summed E-state index contributed by atoms with van der Waals surface area (Å²) in [7, 11) is 4.25. The molecule has 3 heteroatoms. The van der Waals surface area contributed by atoms with Gasteiger partial charge in [-0.1, -0.05) is 13.8 Å². The first kappa shape index (κ1) is 12.5. The number of hydrogen-bond donors (Lipinski definition) is 1. The summed E-state index contributed by atoms with van der Waals surface area (Å²) in [5, 5.41) is 7.92. The lowest BCUT2D eigenvalue weighted by atomic mass is 9.96. The lowest BCUT2D eigenvalue weighted by Crippen LogP contribution is -2.39. The fraction of sp³-hybridized carbons (Fsp3) is 0.917. The Morgan fingerprint density at radius 2 is 1.93 bits per heavy atom. The lowest BCUT2D eigenvalue weighted by molar-refractivity contribution is 0.198. The van der Waals surface area contributed by atoms with Crippen LogP contribution in [0.25, 0.3) is 0 Å². The Bertz CT molecular complexity index is 205. The minimum atomic E-state index is 0.348. The summed E-state index contributed by atoms with van der Waals surface area (Å²) in [5.41, 5.74) is 0. The highest BCUT2D eigenvalue weighted by molar-refractivity contribution is 5.80. The largest absolute Gasteiger partial charge is 0.363 e. The molecule has 0 saturated carbocycles. The standard InChI is InChI=1S/C12H25N3/c1-10(2)12(13)15(4)9-11-5-7-14(3)8-6-11/h10-11,13H,5-9H2,1-4H3. The van der Waals surface area contributed by atoms with E-state index in [0.29, 0.717) is 5.92 Å². The molecule has 1 N–H and O–H groups in total.